The first-order chi connectivity index (χ1) is 25.3. The molecule has 1 aliphatic rings. The second-order valence-corrected chi connectivity index (χ2v) is 16.7. The zero-order chi connectivity index (χ0) is 38.0. The number of benzene rings is 3. The van der Waals surface area contributed by atoms with Crippen LogP contribution in [-0.4, -0.2) is 70.4 Å². The molecule has 10 nitrogen and oxygen atoms in total. The SMILES string of the molecule is CC(OCc1ccccc1)[C@H](NC(=O)OC(C)(C)C)C(=O)Nc1cccc(-c2csc(SCC(=O)NC3CCN(Cc4ccc(Cl)c(Cl)c4)CC3)n2)c1. The van der Waals surface area contributed by atoms with Gasteiger partial charge in [0.05, 0.1) is 34.2 Å². The molecule has 1 saturated heterocycles. The molecule has 4 aromatic rings. The summed E-state index contributed by atoms with van der Waals surface area (Å²) in [6.07, 6.45) is 0.367. The number of piperidine rings is 1. The zero-order valence-electron chi connectivity index (χ0n) is 30.2. The number of thioether (sulfide) groups is 1. The predicted molar refractivity (Wildman–Crippen MR) is 214 cm³/mol. The number of nitrogens with one attached hydrogen (secondary N) is 3. The van der Waals surface area contributed by atoms with E-state index in [-0.39, 0.29) is 24.3 Å². The molecule has 0 bridgehead atoms. The maximum Gasteiger partial charge on any atom is 0.408 e. The summed E-state index contributed by atoms with van der Waals surface area (Å²) >= 11 is 15.1. The Morgan fingerprint density at radius 3 is 2.45 bits per heavy atom. The van der Waals surface area contributed by atoms with E-state index >= 15 is 0 Å². The molecule has 3 N–H and O–H groups in total. The Morgan fingerprint density at radius 2 is 1.74 bits per heavy atom. The average Bonchev–Trinajstić information content (AvgIpc) is 3.60. The van der Waals surface area contributed by atoms with E-state index < -0.39 is 29.7 Å². The standard InChI is InChI=1S/C39H45Cl2N5O5S2/c1-25(50-22-26-9-6-5-7-10-26)35(45-37(49)51-39(2,3)4)36(48)43-30-12-8-11-28(20-30)33-23-52-38(44-33)53-24-34(47)42-29-15-17-46(18-16-29)21-27-13-14-31(40)32(41)19-27/h5-14,19-20,23,25,29,35H,15-18,21-22,24H2,1-4H3,(H,42,47)(H,43,48)(H,45,49)/t25?,35-/m0/s1. The number of halogens is 2. The largest absolute Gasteiger partial charge is 0.444 e. The van der Waals surface area contributed by atoms with E-state index in [2.05, 4.69) is 20.9 Å². The number of nitrogens with zero attached hydrogens (tertiary/aromatic N) is 2. The van der Waals surface area contributed by atoms with E-state index in [0.29, 0.717) is 15.7 Å². The number of rotatable bonds is 14. The molecule has 0 spiro atoms. The number of ether oxygens (including phenoxy) is 2. The van der Waals surface area contributed by atoms with Crippen LogP contribution in [0.25, 0.3) is 11.3 Å². The third-order valence-electron chi connectivity index (χ3n) is 8.36. The van der Waals surface area contributed by atoms with Gasteiger partial charge in [0.2, 0.25) is 11.8 Å². The highest BCUT2D eigenvalue weighted by molar-refractivity contribution is 8.01. The van der Waals surface area contributed by atoms with E-state index in [1.54, 1.807) is 33.8 Å². The van der Waals surface area contributed by atoms with Gasteiger partial charge in [0.25, 0.3) is 0 Å². The summed E-state index contributed by atoms with van der Waals surface area (Å²) in [7, 11) is 0. The second-order valence-electron chi connectivity index (χ2n) is 13.8. The van der Waals surface area contributed by atoms with Gasteiger partial charge in [-0.2, -0.15) is 0 Å². The van der Waals surface area contributed by atoms with Gasteiger partial charge in [0, 0.05) is 42.3 Å². The van der Waals surface area contributed by atoms with Crippen LogP contribution in [0.4, 0.5) is 10.5 Å². The number of amides is 3. The smallest absolute Gasteiger partial charge is 0.408 e. The molecular weight excluding hydrogens is 753 g/mol. The van der Waals surface area contributed by atoms with Crippen molar-refractivity contribution in [2.45, 2.75) is 81.8 Å². The van der Waals surface area contributed by atoms with Crippen molar-refractivity contribution in [1.29, 1.82) is 0 Å². The van der Waals surface area contributed by atoms with Crippen LogP contribution in [0, 0.1) is 0 Å². The zero-order valence-corrected chi connectivity index (χ0v) is 33.3. The molecule has 2 atom stereocenters. The fourth-order valence-corrected chi connectivity index (χ4v) is 7.66. The predicted octanol–water partition coefficient (Wildman–Crippen LogP) is 8.43. The minimum absolute atomic E-state index is 0.0177. The lowest BCUT2D eigenvalue weighted by atomic mass is 10.0. The number of hydrogen-bond acceptors (Lipinski definition) is 9. The van der Waals surface area contributed by atoms with Crippen LogP contribution in [0.15, 0.2) is 82.5 Å². The topological polar surface area (TPSA) is 122 Å². The van der Waals surface area contributed by atoms with Gasteiger partial charge in [-0.3, -0.25) is 14.5 Å². The third kappa shape index (κ3) is 13.0. The summed E-state index contributed by atoms with van der Waals surface area (Å²) in [5.41, 5.74) is 3.38. The molecular formula is C39H45Cl2N5O5S2. The fraction of sp³-hybridized carbons (Fsp3) is 0.385. The molecule has 282 valence electrons. The molecule has 1 unspecified atom stereocenters. The van der Waals surface area contributed by atoms with E-state index in [9.17, 15) is 14.4 Å². The van der Waals surface area contributed by atoms with Crippen molar-refractivity contribution in [2.24, 2.45) is 0 Å². The van der Waals surface area contributed by atoms with E-state index in [1.165, 1.54) is 23.1 Å². The Bertz CT molecular complexity index is 1850. The van der Waals surface area contributed by atoms with Gasteiger partial charge in [0.15, 0.2) is 4.34 Å². The number of carbonyl (C=O) groups excluding carboxylic acids is 3. The molecule has 1 aromatic heterocycles. The number of alkyl carbamates (subject to hydrolysis) is 1. The van der Waals surface area contributed by atoms with Crippen LogP contribution in [0.1, 0.15) is 51.7 Å². The van der Waals surface area contributed by atoms with Gasteiger partial charge < -0.3 is 25.4 Å². The average molecular weight is 799 g/mol. The minimum Gasteiger partial charge on any atom is -0.444 e. The summed E-state index contributed by atoms with van der Waals surface area (Å²) in [6, 6.07) is 21.7. The van der Waals surface area contributed by atoms with Crippen LogP contribution >= 0.6 is 46.3 Å². The second kappa shape index (κ2) is 19.1. The van der Waals surface area contributed by atoms with Crippen molar-refractivity contribution < 1.29 is 23.9 Å². The van der Waals surface area contributed by atoms with Gasteiger partial charge in [-0.1, -0.05) is 83.5 Å². The maximum atomic E-state index is 13.6. The summed E-state index contributed by atoms with van der Waals surface area (Å²) < 4.78 is 12.2. The molecule has 14 heteroatoms. The van der Waals surface area contributed by atoms with Gasteiger partial charge in [-0.15, -0.1) is 11.3 Å². The first kappa shape index (κ1) is 40.5. The van der Waals surface area contributed by atoms with Gasteiger partial charge in [-0.05, 0) is 75.9 Å². The Hall–Kier alpha value is -3.65. The molecule has 53 heavy (non-hydrogen) atoms. The number of likely N-dealkylation sites (tertiary alicyclic amines) is 1. The maximum absolute atomic E-state index is 13.6. The molecule has 3 amide bonds. The lowest BCUT2D eigenvalue weighted by Gasteiger charge is -2.32. The van der Waals surface area contributed by atoms with Crippen LogP contribution in [0.2, 0.25) is 10.0 Å². The van der Waals surface area contributed by atoms with Crippen LogP contribution < -0.4 is 16.0 Å². The monoisotopic (exact) mass is 797 g/mol. The molecule has 0 saturated carbocycles. The number of thiazole rings is 1. The lowest BCUT2D eigenvalue weighted by molar-refractivity contribution is -0.122. The Kier molecular flexibility index (Phi) is 14.6. The molecule has 1 aliphatic heterocycles. The molecule has 1 fully saturated rings. The van der Waals surface area contributed by atoms with Gasteiger partial charge in [-0.25, -0.2) is 9.78 Å². The lowest BCUT2D eigenvalue weighted by Crippen LogP contribution is -2.52. The molecule has 5 rings (SSSR count). The van der Waals surface area contributed by atoms with Crippen LogP contribution in [-0.2, 0) is 32.2 Å². The van der Waals surface area contributed by atoms with Gasteiger partial charge in [0.1, 0.15) is 11.6 Å². The van der Waals surface area contributed by atoms with Crippen molar-refractivity contribution in [3.63, 3.8) is 0 Å². The quantitative estimate of drug-likeness (QED) is 0.109. The highest BCUT2D eigenvalue weighted by Gasteiger charge is 2.30. The van der Waals surface area contributed by atoms with E-state index in [1.807, 2.05) is 72.1 Å². The van der Waals surface area contributed by atoms with Crippen molar-refractivity contribution in [1.82, 2.24) is 20.5 Å². The number of aromatic nitrogens is 1. The van der Waals surface area contributed by atoms with Crippen LogP contribution in [0.5, 0.6) is 0 Å². The normalized spacial score (nSPS) is 15.0. The molecule has 0 aliphatic carbocycles. The Labute approximate surface area is 329 Å². The number of carbonyl (C=O) groups is 3. The Morgan fingerprint density at radius 1 is 0.981 bits per heavy atom. The van der Waals surface area contributed by atoms with E-state index in [4.69, 9.17) is 37.7 Å². The number of anilines is 1. The first-order valence-corrected chi connectivity index (χ1v) is 20.0. The first-order valence-electron chi connectivity index (χ1n) is 17.4. The number of hydrogen-bond donors (Lipinski definition) is 3. The van der Waals surface area contributed by atoms with Crippen molar-refractivity contribution >= 4 is 69.9 Å². The third-order valence-corrected chi connectivity index (χ3v) is 11.1. The molecule has 0 radical (unpaired) electrons. The molecule has 2 heterocycles. The highest BCUT2D eigenvalue weighted by atomic mass is 35.5. The summed E-state index contributed by atoms with van der Waals surface area (Å²) in [5, 5.41) is 11.8. The van der Waals surface area contributed by atoms with Crippen molar-refractivity contribution in [2.75, 3.05) is 24.2 Å². The summed E-state index contributed by atoms with van der Waals surface area (Å²) in [4.78, 5) is 46.2. The minimum atomic E-state index is -1.04. The van der Waals surface area contributed by atoms with Crippen molar-refractivity contribution in [3.8, 4) is 11.3 Å². The van der Waals surface area contributed by atoms with Gasteiger partial charge >= 0.3 is 6.09 Å². The van der Waals surface area contributed by atoms with Crippen LogP contribution in [0.3, 0.4) is 0 Å². The Balaban J connectivity index is 1.12. The summed E-state index contributed by atoms with van der Waals surface area (Å²) in [6.45, 7) is 9.84. The fourth-order valence-electron chi connectivity index (χ4n) is 5.69. The summed E-state index contributed by atoms with van der Waals surface area (Å²) in [5.74, 6) is -0.203. The van der Waals surface area contributed by atoms with E-state index in [0.717, 1.165) is 59.2 Å². The molecule has 3 aromatic carbocycles. The highest BCUT2D eigenvalue weighted by Crippen LogP contribution is 2.30. The van der Waals surface area contributed by atoms with Crippen molar-refractivity contribution in [3.05, 3.63) is 99.3 Å².